The van der Waals surface area contributed by atoms with E-state index in [-0.39, 0.29) is 17.1 Å². The maximum atomic E-state index is 11.5. The molecule has 6 heteroatoms. The fraction of sp³-hybridized carbons (Fsp3) is 0.267. The van der Waals surface area contributed by atoms with Crippen LogP contribution < -0.4 is 0 Å². The van der Waals surface area contributed by atoms with Crippen LogP contribution in [0, 0.1) is 0 Å². The Balaban J connectivity index is 2.43. The highest BCUT2D eigenvalue weighted by atomic mass is 35.5. The van der Waals surface area contributed by atoms with Gasteiger partial charge in [0.15, 0.2) is 11.6 Å². The standard InChI is InChI=1S/C15H13ClO4S/c1-7(17)11(8(2)18)4-9-3-10-5-14(15(19)20)21-13(10)6-12(9)16/h3-4,6,14H,5H2,1-2H3,(H,19,20). The molecule has 1 aliphatic rings. The summed E-state index contributed by atoms with van der Waals surface area (Å²) < 4.78 is 0. The van der Waals surface area contributed by atoms with Crippen molar-refractivity contribution in [3.05, 3.63) is 33.9 Å². The first-order valence-electron chi connectivity index (χ1n) is 6.25. The van der Waals surface area contributed by atoms with Crippen molar-refractivity contribution in [2.75, 3.05) is 0 Å². The van der Waals surface area contributed by atoms with E-state index >= 15 is 0 Å². The molecule has 1 N–H and O–H groups in total. The highest BCUT2D eigenvalue weighted by Gasteiger charge is 2.28. The van der Waals surface area contributed by atoms with E-state index in [2.05, 4.69) is 0 Å². The number of halogens is 1. The molecule has 21 heavy (non-hydrogen) atoms. The van der Waals surface area contributed by atoms with Crippen LogP contribution in [0.5, 0.6) is 0 Å². The van der Waals surface area contributed by atoms with E-state index in [1.807, 2.05) is 0 Å². The van der Waals surface area contributed by atoms with Crippen molar-refractivity contribution in [2.24, 2.45) is 0 Å². The van der Waals surface area contributed by atoms with Gasteiger partial charge in [-0.25, -0.2) is 0 Å². The average Bonchev–Trinajstić information content (AvgIpc) is 2.77. The van der Waals surface area contributed by atoms with E-state index in [1.54, 1.807) is 12.1 Å². The zero-order valence-corrected chi connectivity index (χ0v) is 13.0. The second-order valence-electron chi connectivity index (χ2n) is 4.80. The first kappa shape index (κ1) is 15.8. The molecule has 0 saturated carbocycles. The Labute approximate surface area is 131 Å². The minimum Gasteiger partial charge on any atom is -0.480 e. The van der Waals surface area contributed by atoms with Crippen LogP contribution in [0.1, 0.15) is 25.0 Å². The third-order valence-electron chi connectivity index (χ3n) is 3.19. The van der Waals surface area contributed by atoms with Gasteiger partial charge in [-0.15, -0.1) is 11.8 Å². The average molecular weight is 325 g/mol. The lowest BCUT2D eigenvalue weighted by Gasteiger charge is -2.05. The van der Waals surface area contributed by atoms with E-state index in [0.717, 1.165) is 10.5 Å². The molecule has 0 fully saturated rings. The van der Waals surface area contributed by atoms with Gasteiger partial charge in [0.2, 0.25) is 0 Å². The Kier molecular flexibility index (Phi) is 4.54. The van der Waals surface area contributed by atoms with Crippen molar-refractivity contribution in [1.82, 2.24) is 0 Å². The highest BCUT2D eigenvalue weighted by molar-refractivity contribution is 8.01. The molecule has 1 aromatic rings. The van der Waals surface area contributed by atoms with Gasteiger partial charge in [0.05, 0.1) is 5.57 Å². The second-order valence-corrected chi connectivity index (χ2v) is 6.45. The van der Waals surface area contributed by atoms with Crippen LogP contribution in [0.2, 0.25) is 5.02 Å². The molecular weight excluding hydrogens is 312 g/mol. The smallest absolute Gasteiger partial charge is 0.317 e. The Hall–Kier alpha value is -1.59. The first-order chi connectivity index (χ1) is 9.79. The Bertz CT molecular complexity index is 662. The van der Waals surface area contributed by atoms with Crippen LogP contribution in [0.25, 0.3) is 6.08 Å². The lowest BCUT2D eigenvalue weighted by atomic mass is 10.0. The number of carboxylic acid groups (broad SMARTS) is 1. The zero-order valence-electron chi connectivity index (χ0n) is 11.5. The molecule has 0 aliphatic carbocycles. The third-order valence-corrected chi connectivity index (χ3v) is 4.80. The molecule has 1 aliphatic heterocycles. The summed E-state index contributed by atoms with van der Waals surface area (Å²) in [7, 11) is 0. The Morgan fingerprint density at radius 2 is 1.90 bits per heavy atom. The molecule has 0 spiro atoms. The molecule has 1 aromatic carbocycles. The fourth-order valence-corrected chi connectivity index (χ4v) is 3.57. The van der Waals surface area contributed by atoms with E-state index in [1.165, 1.54) is 31.7 Å². The number of rotatable bonds is 4. The minimum absolute atomic E-state index is 0.0808. The molecule has 0 radical (unpaired) electrons. The van der Waals surface area contributed by atoms with Crippen molar-refractivity contribution in [3.8, 4) is 0 Å². The maximum Gasteiger partial charge on any atom is 0.317 e. The predicted molar refractivity (Wildman–Crippen MR) is 81.8 cm³/mol. The van der Waals surface area contributed by atoms with Gasteiger partial charge in [0, 0.05) is 9.92 Å². The SMILES string of the molecule is CC(=O)C(=Cc1cc2c(cc1Cl)SC(C(=O)O)C2)C(C)=O. The van der Waals surface area contributed by atoms with Crippen LogP contribution in [0.4, 0.5) is 0 Å². The van der Waals surface area contributed by atoms with Gasteiger partial charge in [0.1, 0.15) is 5.25 Å². The van der Waals surface area contributed by atoms with E-state index in [0.29, 0.717) is 17.0 Å². The molecular formula is C15H13ClO4S. The van der Waals surface area contributed by atoms with Crippen molar-refractivity contribution < 1.29 is 19.5 Å². The monoisotopic (exact) mass is 324 g/mol. The summed E-state index contributed by atoms with van der Waals surface area (Å²) in [4.78, 5) is 34.8. The van der Waals surface area contributed by atoms with Crippen LogP contribution in [-0.4, -0.2) is 27.9 Å². The number of Topliss-reactive ketones (excluding diaryl/α,β-unsaturated/α-hetero) is 2. The molecule has 1 heterocycles. The Morgan fingerprint density at radius 1 is 1.29 bits per heavy atom. The summed E-state index contributed by atoms with van der Waals surface area (Å²) in [6.45, 7) is 2.65. The quantitative estimate of drug-likeness (QED) is 0.523. The van der Waals surface area contributed by atoms with Crippen molar-refractivity contribution in [1.29, 1.82) is 0 Å². The fourth-order valence-electron chi connectivity index (χ4n) is 2.14. The van der Waals surface area contributed by atoms with Gasteiger partial charge in [-0.05, 0) is 49.6 Å². The molecule has 1 atom stereocenters. The van der Waals surface area contributed by atoms with Gasteiger partial charge in [-0.1, -0.05) is 11.6 Å². The van der Waals surface area contributed by atoms with E-state index in [4.69, 9.17) is 16.7 Å². The van der Waals surface area contributed by atoms with Crippen LogP contribution in [0.3, 0.4) is 0 Å². The van der Waals surface area contributed by atoms with E-state index in [9.17, 15) is 14.4 Å². The lowest BCUT2D eigenvalue weighted by molar-refractivity contribution is -0.136. The lowest BCUT2D eigenvalue weighted by Crippen LogP contribution is -2.14. The van der Waals surface area contributed by atoms with Gasteiger partial charge in [-0.2, -0.15) is 0 Å². The summed E-state index contributed by atoms with van der Waals surface area (Å²) in [5, 5.41) is 8.94. The molecule has 0 amide bonds. The first-order valence-corrected chi connectivity index (χ1v) is 7.50. The number of carboxylic acids is 1. The molecule has 0 bridgehead atoms. The highest BCUT2D eigenvalue weighted by Crippen LogP contribution is 2.40. The molecule has 110 valence electrons. The minimum atomic E-state index is -0.863. The predicted octanol–water partition coefficient (Wildman–Crippen LogP) is 3.00. The number of carbonyl (C=O) groups is 3. The second kappa shape index (κ2) is 6.03. The molecule has 2 rings (SSSR count). The number of carbonyl (C=O) groups excluding carboxylic acids is 2. The number of allylic oxidation sites excluding steroid dienone is 1. The number of benzene rings is 1. The maximum absolute atomic E-state index is 11.5. The number of hydrogen-bond donors (Lipinski definition) is 1. The number of aliphatic carboxylic acids is 1. The number of fused-ring (bicyclic) bond motifs is 1. The Morgan fingerprint density at radius 3 is 2.43 bits per heavy atom. The number of ketones is 2. The van der Waals surface area contributed by atoms with Gasteiger partial charge < -0.3 is 5.11 Å². The van der Waals surface area contributed by atoms with Crippen LogP contribution in [0.15, 0.2) is 22.6 Å². The van der Waals surface area contributed by atoms with E-state index < -0.39 is 11.2 Å². The molecule has 0 saturated heterocycles. The summed E-state index contributed by atoms with van der Waals surface area (Å²) >= 11 is 7.42. The topological polar surface area (TPSA) is 71.4 Å². The van der Waals surface area contributed by atoms with Crippen LogP contribution >= 0.6 is 23.4 Å². The van der Waals surface area contributed by atoms with Gasteiger partial charge >= 0.3 is 5.97 Å². The van der Waals surface area contributed by atoms with Crippen molar-refractivity contribution in [3.63, 3.8) is 0 Å². The number of thioether (sulfide) groups is 1. The summed E-state index contributed by atoms with van der Waals surface area (Å²) in [6, 6.07) is 3.44. The van der Waals surface area contributed by atoms with Crippen LogP contribution in [-0.2, 0) is 20.8 Å². The summed E-state index contributed by atoms with van der Waals surface area (Å²) in [5.74, 6) is -1.51. The van der Waals surface area contributed by atoms with Crippen molar-refractivity contribution in [2.45, 2.75) is 30.4 Å². The van der Waals surface area contributed by atoms with Gasteiger partial charge in [-0.3, -0.25) is 14.4 Å². The molecule has 0 aromatic heterocycles. The number of hydrogen-bond acceptors (Lipinski definition) is 4. The van der Waals surface area contributed by atoms with Crippen molar-refractivity contribution >= 4 is 47.0 Å². The largest absolute Gasteiger partial charge is 0.480 e. The van der Waals surface area contributed by atoms with Gasteiger partial charge in [0.25, 0.3) is 0 Å². The third kappa shape index (κ3) is 3.36. The molecule has 1 unspecified atom stereocenters. The zero-order chi connectivity index (χ0) is 15.7. The summed E-state index contributed by atoms with van der Waals surface area (Å²) in [6.07, 6.45) is 1.87. The normalized spacial score (nSPS) is 16.2. The summed E-state index contributed by atoms with van der Waals surface area (Å²) in [5.41, 5.74) is 1.51. The molecule has 4 nitrogen and oxygen atoms in total.